The first-order valence-corrected chi connectivity index (χ1v) is 5.09. The summed E-state index contributed by atoms with van der Waals surface area (Å²) >= 11 is 0. The van der Waals surface area contributed by atoms with E-state index in [-0.39, 0.29) is 23.3 Å². The van der Waals surface area contributed by atoms with Crippen molar-refractivity contribution in [1.82, 2.24) is 20.6 Å². The first-order valence-electron chi connectivity index (χ1n) is 5.09. The van der Waals surface area contributed by atoms with Crippen molar-refractivity contribution in [3.63, 3.8) is 0 Å². The van der Waals surface area contributed by atoms with Gasteiger partial charge >= 0.3 is 5.91 Å². The number of aromatic hydroxyl groups is 2. The van der Waals surface area contributed by atoms with Crippen LogP contribution in [0.2, 0.25) is 0 Å². The molecule has 0 aliphatic heterocycles. The van der Waals surface area contributed by atoms with Gasteiger partial charge in [-0.3, -0.25) is 9.89 Å². The van der Waals surface area contributed by atoms with Gasteiger partial charge in [-0.1, -0.05) is 0 Å². The van der Waals surface area contributed by atoms with Crippen molar-refractivity contribution in [2.45, 2.75) is 0 Å². The quantitative estimate of drug-likeness (QED) is 0.374. The molecular weight excluding hydrogens is 252 g/mol. The van der Waals surface area contributed by atoms with E-state index in [4.69, 9.17) is 10.8 Å². The van der Waals surface area contributed by atoms with E-state index in [9.17, 15) is 9.90 Å². The summed E-state index contributed by atoms with van der Waals surface area (Å²) in [5.41, 5.74) is 7.74. The molecule has 0 aliphatic carbocycles. The molecular formula is C10H10N6O3. The molecule has 0 fully saturated rings. The number of nitrogens with one attached hydrogen (secondary N) is 2. The molecule has 0 atom stereocenters. The number of carbonyl (C=O) groups is 1. The van der Waals surface area contributed by atoms with E-state index in [0.717, 1.165) is 6.07 Å². The molecule has 9 heteroatoms. The van der Waals surface area contributed by atoms with Gasteiger partial charge in [-0.25, -0.2) is 5.43 Å². The average molecular weight is 262 g/mol. The zero-order valence-corrected chi connectivity index (χ0v) is 9.53. The summed E-state index contributed by atoms with van der Waals surface area (Å²) in [5.74, 6) is -0.994. The number of nitrogen functional groups attached to an aromatic ring is 1. The van der Waals surface area contributed by atoms with Crippen molar-refractivity contribution >= 4 is 18.1 Å². The van der Waals surface area contributed by atoms with E-state index >= 15 is 0 Å². The number of hydrazone groups is 1. The van der Waals surface area contributed by atoms with Crippen molar-refractivity contribution in [2.75, 3.05) is 5.73 Å². The van der Waals surface area contributed by atoms with Crippen molar-refractivity contribution in [2.24, 2.45) is 5.10 Å². The predicted octanol–water partition coefficient (Wildman–Crippen LogP) is -0.438. The molecule has 0 saturated heterocycles. The highest BCUT2D eigenvalue weighted by atomic mass is 16.3. The summed E-state index contributed by atoms with van der Waals surface area (Å²) in [6.07, 6.45) is 1.21. The van der Waals surface area contributed by atoms with E-state index in [1.54, 1.807) is 0 Å². The van der Waals surface area contributed by atoms with Crippen LogP contribution in [0.1, 0.15) is 16.2 Å². The number of hydrogen-bond acceptors (Lipinski definition) is 7. The van der Waals surface area contributed by atoms with Crippen LogP contribution < -0.4 is 11.2 Å². The Labute approximate surface area is 106 Å². The largest absolute Gasteiger partial charge is 0.508 e. The van der Waals surface area contributed by atoms with Gasteiger partial charge in [-0.2, -0.15) is 10.1 Å². The monoisotopic (exact) mass is 262 g/mol. The third kappa shape index (κ3) is 2.97. The van der Waals surface area contributed by atoms with Gasteiger partial charge in [0, 0.05) is 11.6 Å². The molecule has 1 amide bonds. The number of amides is 1. The Bertz CT molecular complexity index is 636. The Morgan fingerprint density at radius 2 is 2.26 bits per heavy atom. The molecule has 1 aromatic heterocycles. The lowest BCUT2D eigenvalue weighted by atomic mass is 10.2. The van der Waals surface area contributed by atoms with E-state index in [1.165, 1.54) is 18.3 Å². The topological polar surface area (TPSA) is 150 Å². The number of phenols is 2. The number of hydrogen-bond donors (Lipinski definition) is 5. The summed E-state index contributed by atoms with van der Waals surface area (Å²) in [5, 5.41) is 28.0. The molecule has 0 saturated carbocycles. The highest BCUT2D eigenvalue weighted by Gasteiger charge is 2.09. The Kier molecular flexibility index (Phi) is 3.28. The van der Waals surface area contributed by atoms with Gasteiger partial charge in [-0.05, 0) is 12.1 Å². The third-order valence-electron chi connectivity index (χ3n) is 2.10. The number of aromatic amines is 1. The molecule has 0 aliphatic rings. The SMILES string of the molecule is Nc1n[nH]c(C(=O)N/N=C/c2ccc(O)cc2O)n1. The standard InChI is InChI=1S/C10H10N6O3/c11-10-13-8(14-16-10)9(19)15-12-4-5-1-2-6(17)3-7(5)18/h1-4,17-18H,(H,15,19)(H3,11,13,14,16)/b12-4+. The number of nitrogens with zero attached hydrogens (tertiary/aromatic N) is 3. The Morgan fingerprint density at radius 3 is 2.89 bits per heavy atom. The third-order valence-corrected chi connectivity index (χ3v) is 2.10. The Hall–Kier alpha value is -3.10. The van der Waals surface area contributed by atoms with E-state index in [2.05, 4.69) is 25.7 Å². The fraction of sp³-hybridized carbons (Fsp3) is 0. The van der Waals surface area contributed by atoms with Crippen molar-refractivity contribution in [1.29, 1.82) is 0 Å². The normalized spacial score (nSPS) is 10.7. The van der Waals surface area contributed by atoms with Crippen LogP contribution in [0.5, 0.6) is 11.5 Å². The fourth-order valence-electron chi connectivity index (χ4n) is 1.23. The van der Waals surface area contributed by atoms with Crippen LogP contribution in [-0.2, 0) is 0 Å². The van der Waals surface area contributed by atoms with Crippen LogP contribution in [-0.4, -0.2) is 37.5 Å². The molecule has 0 spiro atoms. The maximum atomic E-state index is 11.5. The highest BCUT2D eigenvalue weighted by molar-refractivity contribution is 5.92. The first kappa shape index (κ1) is 12.4. The molecule has 0 radical (unpaired) electrons. The molecule has 1 heterocycles. The van der Waals surface area contributed by atoms with Crippen molar-refractivity contribution in [3.8, 4) is 11.5 Å². The number of phenolic OH excluding ortho intramolecular Hbond substituents is 2. The maximum Gasteiger partial charge on any atom is 0.308 e. The molecule has 6 N–H and O–H groups in total. The minimum Gasteiger partial charge on any atom is -0.508 e. The second kappa shape index (κ2) is 5.04. The number of anilines is 1. The molecule has 2 aromatic rings. The smallest absolute Gasteiger partial charge is 0.308 e. The molecule has 9 nitrogen and oxygen atoms in total. The lowest BCUT2D eigenvalue weighted by molar-refractivity contribution is 0.0945. The van der Waals surface area contributed by atoms with Gasteiger partial charge in [0.2, 0.25) is 11.8 Å². The second-order valence-corrected chi connectivity index (χ2v) is 3.48. The second-order valence-electron chi connectivity index (χ2n) is 3.48. The number of aromatic nitrogens is 3. The molecule has 2 rings (SSSR count). The van der Waals surface area contributed by atoms with Crippen molar-refractivity contribution < 1.29 is 15.0 Å². The summed E-state index contributed by atoms with van der Waals surface area (Å²) in [7, 11) is 0. The highest BCUT2D eigenvalue weighted by Crippen LogP contribution is 2.20. The number of H-pyrrole nitrogens is 1. The zero-order valence-electron chi connectivity index (χ0n) is 9.53. The predicted molar refractivity (Wildman–Crippen MR) is 65.6 cm³/mol. The van der Waals surface area contributed by atoms with Gasteiger partial charge in [-0.15, -0.1) is 5.10 Å². The first-order chi connectivity index (χ1) is 9.06. The zero-order chi connectivity index (χ0) is 13.8. The minimum atomic E-state index is -0.626. The van der Waals surface area contributed by atoms with E-state index in [1.807, 2.05) is 0 Å². The lowest BCUT2D eigenvalue weighted by Crippen LogP contribution is -2.19. The summed E-state index contributed by atoms with van der Waals surface area (Å²) < 4.78 is 0. The van der Waals surface area contributed by atoms with Gasteiger partial charge in [0.05, 0.1) is 6.21 Å². The fourth-order valence-corrected chi connectivity index (χ4v) is 1.23. The van der Waals surface area contributed by atoms with Gasteiger partial charge in [0.15, 0.2) is 0 Å². The summed E-state index contributed by atoms with van der Waals surface area (Å²) in [6.45, 7) is 0. The van der Waals surface area contributed by atoms with Gasteiger partial charge in [0.1, 0.15) is 11.5 Å². The number of nitrogens with two attached hydrogens (primary N) is 1. The van der Waals surface area contributed by atoms with Crippen LogP contribution in [0.15, 0.2) is 23.3 Å². The van der Waals surface area contributed by atoms with Crippen LogP contribution in [0.4, 0.5) is 5.95 Å². The van der Waals surface area contributed by atoms with Crippen LogP contribution in [0.3, 0.4) is 0 Å². The Morgan fingerprint density at radius 1 is 1.47 bits per heavy atom. The molecule has 1 aromatic carbocycles. The summed E-state index contributed by atoms with van der Waals surface area (Å²) in [6, 6.07) is 3.97. The van der Waals surface area contributed by atoms with Crippen molar-refractivity contribution in [3.05, 3.63) is 29.6 Å². The molecule has 19 heavy (non-hydrogen) atoms. The van der Waals surface area contributed by atoms with Crippen LogP contribution in [0.25, 0.3) is 0 Å². The Balaban J connectivity index is 2.02. The number of rotatable bonds is 3. The lowest BCUT2D eigenvalue weighted by Gasteiger charge is -1.99. The van der Waals surface area contributed by atoms with Gasteiger partial charge < -0.3 is 15.9 Å². The minimum absolute atomic E-state index is 0.0506. The summed E-state index contributed by atoms with van der Waals surface area (Å²) in [4.78, 5) is 15.1. The van der Waals surface area contributed by atoms with E-state index in [0.29, 0.717) is 5.56 Å². The van der Waals surface area contributed by atoms with Crippen LogP contribution in [0, 0.1) is 0 Å². The molecule has 98 valence electrons. The number of carbonyl (C=O) groups excluding carboxylic acids is 1. The van der Waals surface area contributed by atoms with Crippen LogP contribution >= 0.6 is 0 Å². The van der Waals surface area contributed by atoms with E-state index < -0.39 is 5.91 Å². The van der Waals surface area contributed by atoms with Gasteiger partial charge in [0.25, 0.3) is 0 Å². The number of benzene rings is 1. The average Bonchev–Trinajstić information content (AvgIpc) is 2.78. The maximum absolute atomic E-state index is 11.5. The molecule has 0 unspecified atom stereocenters. The molecule has 0 bridgehead atoms.